The predicted molar refractivity (Wildman–Crippen MR) is 124 cm³/mol. The fourth-order valence-electron chi connectivity index (χ4n) is 4.42. The van der Waals surface area contributed by atoms with E-state index in [-0.39, 0.29) is 28.5 Å². The van der Waals surface area contributed by atoms with Gasteiger partial charge in [-0.2, -0.15) is 0 Å². The number of fused-ring (bicyclic) bond motifs is 1. The van der Waals surface area contributed by atoms with Gasteiger partial charge < -0.3 is 5.32 Å². The molecule has 34 heavy (non-hydrogen) atoms. The minimum atomic E-state index is -3.10. The van der Waals surface area contributed by atoms with Crippen molar-refractivity contribution in [2.75, 3.05) is 16.8 Å². The molecule has 1 N–H and O–H groups in total. The monoisotopic (exact) mass is 494 g/mol. The van der Waals surface area contributed by atoms with Crippen LogP contribution in [0.15, 0.2) is 29.1 Å². The molecular weight excluding hydrogens is 469 g/mol. The van der Waals surface area contributed by atoms with Crippen LogP contribution in [-0.2, 0) is 16.9 Å². The molecule has 182 valence electrons. The zero-order chi connectivity index (χ0) is 24.8. The molecule has 1 atom stereocenters. The molecule has 1 aliphatic rings. The van der Waals surface area contributed by atoms with Crippen LogP contribution in [0.25, 0.3) is 11.0 Å². The van der Waals surface area contributed by atoms with Crippen molar-refractivity contribution in [1.82, 2.24) is 14.5 Å². The third-order valence-electron chi connectivity index (χ3n) is 6.31. The predicted octanol–water partition coefficient (Wildman–Crippen LogP) is 4.18. The van der Waals surface area contributed by atoms with Gasteiger partial charge in [-0.15, -0.1) is 0 Å². The Morgan fingerprint density at radius 2 is 1.79 bits per heavy atom. The van der Waals surface area contributed by atoms with Gasteiger partial charge in [0.1, 0.15) is 32.9 Å². The van der Waals surface area contributed by atoms with E-state index in [1.165, 1.54) is 16.7 Å². The lowest BCUT2D eigenvalue weighted by molar-refractivity contribution is 0.146. The lowest BCUT2D eigenvalue weighted by Gasteiger charge is -2.23. The summed E-state index contributed by atoms with van der Waals surface area (Å²) in [7, 11) is -1.52. The average Bonchev–Trinajstić information content (AvgIpc) is 2.76. The number of nitrogens with zero attached hydrogens (tertiary/aromatic N) is 3. The molecule has 0 aliphatic carbocycles. The van der Waals surface area contributed by atoms with E-state index in [0.29, 0.717) is 41.1 Å². The molecule has 1 saturated heterocycles. The van der Waals surface area contributed by atoms with E-state index in [1.54, 1.807) is 27.0 Å². The molecule has 4 rings (SSSR count). The number of pyridine rings is 1. The molecule has 1 fully saturated rings. The lowest BCUT2D eigenvalue weighted by atomic mass is 9.93. The molecule has 1 aromatic carbocycles. The number of hydrogen-bond acceptors (Lipinski definition) is 6. The third kappa shape index (κ3) is 4.53. The Hall–Kier alpha value is -2.95. The first kappa shape index (κ1) is 24.2. The molecule has 0 spiro atoms. The van der Waals surface area contributed by atoms with Crippen LogP contribution in [0.1, 0.15) is 60.7 Å². The van der Waals surface area contributed by atoms with E-state index >= 15 is 0 Å². The number of aryl methyl sites for hydroxylation is 2. The van der Waals surface area contributed by atoms with Crippen LogP contribution in [0, 0.1) is 12.7 Å². The van der Waals surface area contributed by atoms with E-state index in [1.807, 2.05) is 0 Å². The number of rotatable bonds is 5. The highest BCUT2D eigenvalue weighted by molar-refractivity contribution is 7.91. The Labute approximate surface area is 195 Å². The summed E-state index contributed by atoms with van der Waals surface area (Å²) in [5.41, 5.74) is -0.0405. The molecule has 1 aliphatic heterocycles. The number of nitrogens with one attached hydrogen (secondary N) is 1. The normalized spacial score (nSPS) is 17.3. The first-order valence-corrected chi connectivity index (χ1v) is 12.7. The van der Waals surface area contributed by atoms with Crippen LogP contribution in [0.4, 0.5) is 19.0 Å². The van der Waals surface area contributed by atoms with Crippen LogP contribution in [0.2, 0.25) is 0 Å². The van der Waals surface area contributed by atoms with Crippen molar-refractivity contribution in [2.24, 2.45) is 7.05 Å². The Kier molecular flexibility index (Phi) is 6.41. The van der Waals surface area contributed by atoms with Gasteiger partial charge in [-0.25, -0.2) is 31.6 Å². The zero-order valence-corrected chi connectivity index (χ0v) is 19.8. The average molecular weight is 495 g/mol. The largest absolute Gasteiger partial charge is 0.363 e. The van der Waals surface area contributed by atoms with E-state index in [2.05, 4.69) is 15.3 Å². The summed E-state index contributed by atoms with van der Waals surface area (Å²) >= 11 is 0. The topological polar surface area (TPSA) is 94.0 Å². The lowest BCUT2D eigenvalue weighted by Crippen LogP contribution is -2.29. The maximum Gasteiger partial charge on any atom is 0.266 e. The van der Waals surface area contributed by atoms with Gasteiger partial charge in [0.25, 0.3) is 12.0 Å². The van der Waals surface area contributed by atoms with Crippen molar-refractivity contribution >= 4 is 26.7 Å². The summed E-state index contributed by atoms with van der Waals surface area (Å²) < 4.78 is 66.1. The van der Waals surface area contributed by atoms with Crippen molar-refractivity contribution in [3.63, 3.8) is 0 Å². The molecule has 0 saturated carbocycles. The molecular formula is C23H25F3N4O3S. The Balaban J connectivity index is 1.78. The van der Waals surface area contributed by atoms with Crippen molar-refractivity contribution in [2.45, 2.75) is 45.1 Å². The van der Waals surface area contributed by atoms with Crippen molar-refractivity contribution in [1.29, 1.82) is 0 Å². The first-order valence-electron chi connectivity index (χ1n) is 10.9. The number of benzene rings is 1. The van der Waals surface area contributed by atoms with Crippen LogP contribution in [0.5, 0.6) is 0 Å². The van der Waals surface area contributed by atoms with Gasteiger partial charge in [0.2, 0.25) is 0 Å². The standard InChI is InChI=1S/C23H25F3N4O3S/c1-12(15-5-4-6-16(19(15)24)20(25)26)27-21-18-11-17(14-7-9-34(32,33)10-8-14)23(31)30(3)22(18)29-13(2)28-21/h4-6,11-12,14,20H,7-10H2,1-3H3,(H,27,28,29)/t12-/m1/s1. The minimum Gasteiger partial charge on any atom is -0.363 e. The smallest absolute Gasteiger partial charge is 0.266 e. The fourth-order valence-corrected chi connectivity index (χ4v) is 5.91. The van der Waals surface area contributed by atoms with E-state index in [0.717, 1.165) is 6.07 Å². The van der Waals surface area contributed by atoms with Gasteiger partial charge in [-0.05, 0) is 38.7 Å². The molecule has 0 bridgehead atoms. The number of hydrogen-bond donors (Lipinski definition) is 1. The summed E-state index contributed by atoms with van der Waals surface area (Å²) in [6.45, 7) is 3.28. The summed E-state index contributed by atoms with van der Waals surface area (Å²) in [5, 5.41) is 3.60. The quantitative estimate of drug-likeness (QED) is 0.572. The molecule has 7 nitrogen and oxygen atoms in total. The molecule has 2 aromatic heterocycles. The number of sulfone groups is 1. The van der Waals surface area contributed by atoms with Crippen LogP contribution in [-0.4, -0.2) is 34.5 Å². The van der Waals surface area contributed by atoms with Gasteiger partial charge in [0.05, 0.1) is 28.5 Å². The highest BCUT2D eigenvalue weighted by atomic mass is 32.2. The Morgan fingerprint density at radius 3 is 2.44 bits per heavy atom. The number of aromatic nitrogens is 3. The van der Waals surface area contributed by atoms with Gasteiger partial charge in [-0.3, -0.25) is 9.36 Å². The second-order valence-corrected chi connectivity index (χ2v) is 11.0. The van der Waals surface area contributed by atoms with Crippen molar-refractivity contribution in [3.05, 3.63) is 63.0 Å². The van der Waals surface area contributed by atoms with Gasteiger partial charge in [0, 0.05) is 18.2 Å². The van der Waals surface area contributed by atoms with Crippen LogP contribution < -0.4 is 10.9 Å². The Morgan fingerprint density at radius 1 is 1.15 bits per heavy atom. The summed E-state index contributed by atoms with van der Waals surface area (Å²) in [5.74, 6) is -0.467. The number of alkyl halides is 2. The highest BCUT2D eigenvalue weighted by Gasteiger charge is 2.28. The second-order valence-electron chi connectivity index (χ2n) is 8.66. The van der Waals surface area contributed by atoms with E-state index in [4.69, 9.17) is 0 Å². The summed E-state index contributed by atoms with van der Waals surface area (Å²) in [4.78, 5) is 21.9. The van der Waals surface area contributed by atoms with Gasteiger partial charge >= 0.3 is 0 Å². The zero-order valence-electron chi connectivity index (χ0n) is 19.0. The van der Waals surface area contributed by atoms with E-state index in [9.17, 15) is 26.4 Å². The highest BCUT2D eigenvalue weighted by Crippen LogP contribution is 2.32. The number of halogens is 3. The first-order chi connectivity index (χ1) is 16.0. The third-order valence-corrected chi connectivity index (χ3v) is 8.03. The molecule has 0 radical (unpaired) electrons. The number of anilines is 1. The second kappa shape index (κ2) is 9.01. The Bertz CT molecular complexity index is 1410. The minimum absolute atomic E-state index is 0.0190. The van der Waals surface area contributed by atoms with Gasteiger partial charge in [-0.1, -0.05) is 18.2 Å². The maximum atomic E-state index is 14.7. The van der Waals surface area contributed by atoms with Crippen molar-refractivity contribution < 1.29 is 21.6 Å². The molecule has 3 aromatic rings. The summed E-state index contributed by atoms with van der Waals surface area (Å²) in [6, 6.07) is 4.81. The maximum absolute atomic E-state index is 14.7. The molecule has 3 heterocycles. The van der Waals surface area contributed by atoms with E-state index < -0.39 is 33.7 Å². The fraction of sp³-hybridized carbons (Fsp3) is 0.435. The molecule has 11 heteroatoms. The summed E-state index contributed by atoms with van der Waals surface area (Å²) in [6.07, 6.45) is -2.24. The van der Waals surface area contributed by atoms with Crippen molar-refractivity contribution in [3.8, 4) is 0 Å². The van der Waals surface area contributed by atoms with Crippen LogP contribution in [0.3, 0.4) is 0 Å². The van der Waals surface area contributed by atoms with Crippen LogP contribution >= 0.6 is 0 Å². The molecule has 0 unspecified atom stereocenters. The molecule has 0 amide bonds. The van der Waals surface area contributed by atoms with Gasteiger partial charge in [0.15, 0.2) is 0 Å². The SMILES string of the molecule is Cc1nc(N[C@H](C)c2cccc(C(F)F)c2F)c2cc(C3CCS(=O)(=O)CC3)c(=O)n(C)c2n1.